The van der Waals surface area contributed by atoms with Gasteiger partial charge in [-0.05, 0) is 59.5 Å². The van der Waals surface area contributed by atoms with Crippen molar-refractivity contribution >= 4 is 22.6 Å². The summed E-state index contributed by atoms with van der Waals surface area (Å²) < 4.78 is 30.6. The van der Waals surface area contributed by atoms with Crippen molar-refractivity contribution in [1.82, 2.24) is 0 Å². The maximum absolute atomic E-state index is 13.4. The summed E-state index contributed by atoms with van der Waals surface area (Å²) in [7, 11) is 0. The standard InChI is InChI=1S/C28H26ClFO6/c29-23-8-4-17(26-13-24(32)28(33)27(14-31)36-26)10-19(23)9-16-1-6-21(7-2-16)34-15-22-11-18-3-5-20(30)12-25(18)35-22/h1-8,10-12,24,26-28,31-33H,9,13-15H2/t24?,26?,27?,28-/m0/s1. The lowest BCUT2D eigenvalue weighted by molar-refractivity contribution is -0.181. The zero-order valence-corrected chi connectivity index (χ0v) is 20.1. The quantitative estimate of drug-likeness (QED) is 0.325. The summed E-state index contributed by atoms with van der Waals surface area (Å²) >= 11 is 6.46. The highest BCUT2D eigenvalue weighted by Gasteiger charge is 2.37. The Morgan fingerprint density at radius 1 is 1.00 bits per heavy atom. The van der Waals surface area contributed by atoms with Gasteiger partial charge in [-0.15, -0.1) is 0 Å². The molecule has 4 atom stereocenters. The molecule has 1 aliphatic heterocycles. The number of fused-ring (bicyclic) bond motifs is 1. The number of halogens is 2. The number of aliphatic hydroxyl groups is 3. The van der Waals surface area contributed by atoms with Crippen LogP contribution < -0.4 is 4.74 Å². The average molecular weight is 513 g/mol. The Labute approximate surface area is 212 Å². The molecule has 4 aromatic rings. The molecule has 0 aliphatic carbocycles. The lowest BCUT2D eigenvalue weighted by atomic mass is 9.92. The van der Waals surface area contributed by atoms with Crippen LogP contribution >= 0.6 is 11.6 Å². The topological polar surface area (TPSA) is 92.3 Å². The van der Waals surface area contributed by atoms with Crippen LogP contribution in [-0.2, 0) is 17.8 Å². The molecule has 3 aromatic carbocycles. The molecule has 3 unspecified atom stereocenters. The first-order valence-corrected chi connectivity index (χ1v) is 12.1. The minimum absolute atomic E-state index is 0.223. The molecule has 0 amide bonds. The Morgan fingerprint density at radius 3 is 2.58 bits per heavy atom. The second-order valence-electron chi connectivity index (χ2n) is 8.99. The Hall–Kier alpha value is -2.94. The lowest BCUT2D eigenvalue weighted by Gasteiger charge is -2.36. The molecule has 0 spiro atoms. The van der Waals surface area contributed by atoms with E-state index in [1.54, 1.807) is 12.1 Å². The predicted octanol–water partition coefficient (Wildman–Crippen LogP) is 4.94. The van der Waals surface area contributed by atoms with Crippen LogP contribution in [0.5, 0.6) is 5.75 Å². The minimum Gasteiger partial charge on any atom is -0.486 e. The fourth-order valence-corrected chi connectivity index (χ4v) is 4.64. The second-order valence-corrected chi connectivity index (χ2v) is 9.40. The monoisotopic (exact) mass is 512 g/mol. The van der Waals surface area contributed by atoms with E-state index >= 15 is 0 Å². The first kappa shape index (κ1) is 24.7. The second kappa shape index (κ2) is 10.6. The van der Waals surface area contributed by atoms with Gasteiger partial charge in [0.1, 0.15) is 41.7 Å². The van der Waals surface area contributed by atoms with Crippen molar-refractivity contribution in [2.24, 2.45) is 0 Å². The van der Waals surface area contributed by atoms with Gasteiger partial charge < -0.3 is 29.2 Å². The highest BCUT2D eigenvalue weighted by molar-refractivity contribution is 6.31. The Morgan fingerprint density at radius 2 is 1.81 bits per heavy atom. The molecular formula is C28H26ClFO6. The smallest absolute Gasteiger partial charge is 0.146 e. The van der Waals surface area contributed by atoms with E-state index in [0.717, 1.165) is 22.1 Å². The van der Waals surface area contributed by atoms with Gasteiger partial charge in [-0.3, -0.25) is 0 Å². The maximum atomic E-state index is 13.4. The fourth-order valence-electron chi connectivity index (χ4n) is 4.46. The van der Waals surface area contributed by atoms with E-state index in [-0.39, 0.29) is 25.5 Å². The van der Waals surface area contributed by atoms with E-state index in [9.17, 15) is 19.7 Å². The zero-order chi connectivity index (χ0) is 25.2. The van der Waals surface area contributed by atoms with E-state index in [4.69, 9.17) is 25.5 Å². The highest BCUT2D eigenvalue weighted by Crippen LogP contribution is 2.34. The third kappa shape index (κ3) is 5.40. The van der Waals surface area contributed by atoms with Gasteiger partial charge in [-0.25, -0.2) is 4.39 Å². The molecule has 0 bridgehead atoms. The number of furan rings is 1. The van der Waals surface area contributed by atoms with Crippen LogP contribution in [0.3, 0.4) is 0 Å². The maximum Gasteiger partial charge on any atom is 0.146 e. The summed E-state index contributed by atoms with van der Waals surface area (Å²) in [4.78, 5) is 0. The van der Waals surface area contributed by atoms with Gasteiger partial charge in [0.2, 0.25) is 0 Å². The third-order valence-corrected chi connectivity index (χ3v) is 6.79. The van der Waals surface area contributed by atoms with E-state index in [0.29, 0.717) is 28.5 Å². The molecule has 5 rings (SSSR count). The molecule has 1 aromatic heterocycles. The average Bonchev–Trinajstić information content (AvgIpc) is 3.28. The van der Waals surface area contributed by atoms with Crippen molar-refractivity contribution in [2.45, 2.75) is 43.9 Å². The first-order chi connectivity index (χ1) is 17.4. The summed E-state index contributed by atoms with van der Waals surface area (Å²) in [6, 6.07) is 19.4. The van der Waals surface area contributed by atoms with Crippen molar-refractivity contribution in [2.75, 3.05) is 6.61 Å². The number of ether oxygens (including phenoxy) is 2. The summed E-state index contributed by atoms with van der Waals surface area (Å²) in [5.41, 5.74) is 3.22. The fraction of sp³-hybridized carbons (Fsp3) is 0.286. The van der Waals surface area contributed by atoms with Gasteiger partial charge in [-0.2, -0.15) is 0 Å². The first-order valence-electron chi connectivity index (χ1n) is 11.7. The summed E-state index contributed by atoms with van der Waals surface area (Å²) in [6.07, 6.45) is -2.59. The van der Waals surface area contributed by atoms with Gasteiger partial charge >= 0.3 is 0 Å². The van der Waals surface area contributed by atoms with Gasteiger partial charge in [0.25, 0.3) is 0 Å². The van der Waals surface area contributed by atoms with E-state index in [1.807, 2.05) is 42.5 Å². The molecule has 8 heteroatoms. The number of hydrogen-bond acceptors (Lipinski definition) is 6. The SMILES string of the molecule is OCC1OC(c2ccc(Cl)c(Cc3ccc(OCc4cc5ccc(F)cc5o4)cc3)c2)CC(O)[C@@H]1O. The minimum atomic E-state index is -1.12. The van der Waals surface area contributed by atoms with E-state index < -0.39 is 24.4 Å². The summed E-state index contributed by atoms with van der Waals surface area (Å²) in [5.74, 6) is 0.931. The molecule has 1 aliphatic rings. The van der Waals surface area contributed by atoms with Crippen LogP contribution in [0.25, 0.3) is 11.0 Å². The molecule has 6 nitrogen and oxygen atoms in total. The Kier molecular flexibility index (Phi) is 7.27. The molecule has 188 valence electrons. The number of hydrogen-bond donors (Lipinski definition) is 3. The lowest BCUT2D eigenvalue weighted by Crippen LogP contribution is -2.47. The van der Waals surface area contributed by atoms with Crippen molar-refractivity contribution in [3.05, 3.63) is 100 Å². The molecule has 2 heterocycles. The molecule has 36 heavy (non-hydrogen) atoms. The molecule has 1 saturated heterocycles. The van der Waals surface area contributed by atoms with Crippen LogP contribution in [0, 0.1) is 5.82 Å². The van der Waals surface area contributed by atoms with Crippen molar-refractivity contribution in [3.63, 3.8) is 0 Å². The van der Waals surface area contributed by atoms with Gasteiger partial charge in [0.05, 0.1) is 18.8 Å². The summed E-state index contributed by atoms with van der Waals surface area (Å²) in [6.45, 7) is -0.154. The molecule has 0 radical (unpaired) electrons. The normalized spacial score (nSPS) is 22.1. The van der Waals surface area contributed by atoms with Crippen LogP contribution in [0.15, 0.2) is 71.1 Å². The van der Waals surface area contributed by atoms with Gasteiger partial charge in [0.15, 0.2) is 0 Å². The van der Waals surface area contributed by atoms with Crippen LogP contribution in [-0.4, -0.2) is 40.2 Å². The highest BCUT2D eigenvalue weighted by atomic mass is 35.5. The number of rotatable bonds is 7. The Balaban J connectivity index is 1.24. The van der Waals surface area contributed by atoms with Crippen molar-refractivity contribution in [1.29, 1.82) is 0 Å². The van der Waals surface area contributed by atoms with Crippen LogP contribution in [0.1, 0.15) is 35.0 Å². The van der Waals surface area contributed by atoms with Gasteiger partial charge in [0, 0.05) is 22.9 Å². The number of benzene rings is 3. The van der Waals surface area contributed by atoms with E-state index in [1.165, 1.54) is 12.1 Å². The number of aliphatic hydroxyl groups excluding tert-OH is 3. The summed E-state index contributed by atoms with van der Waals surface area (Å²) in [5, 5.41) is 31.0. The zero-order valence-electron chi connectivity index (χ0n) is 19.3. The van der Waals surface area contributed by atoms with Crippen LogP contribution in [0.4, 0.5) is 4.39 Å². The Bertz CT molecular complexity index is 1340. The van der Waals surface area contributed by atoms with Crippen molar-refractivity contribution < 1.29 is 33.6 Å². The molecule has 0 saturated carbocycles. The van der Waals surface area contributed by atoms with Crippen molar-refractivity contribution in [3.8, 4) is 5.75 Å². The van der Waals surface area contributed by atoms with Gasteiger partial charge in [-0.1, -0.05) is 35.9 Å². The molecular weight excluding hydrogens is 487 g/mol. The van der Waals surface area contributed by atoms with E-state index in [2.05, 4.69) is 0 Å². The van der Waals surface area contributed by atoms with Crippen LogP contribution in [0.2, 0.25) is 5.02 Å². The largest absolute Gasteiger partial charge is 0.486 e. The third-order valence-electron chi connectivity index (χ3n) is 6.42. The molecule has 1 fully saturated rings. The predicted molar refractivity (Wildman–Crippen MR) is 133 cm³/mol. The molecule has 3 N–H and O–H groups in total.